The number of aromatic amines is 1. The third-order valence-corrected chi connectivity index (χ3v) is 8.70. The molecule has 6 rings (SSSR count). The van der Waals surface area contributed by atoms with Crippen LogP contribution in [0, 0.1) is 11.8 Å². The van der Waals surface area contributed by atoms with E-state index < -0.39 is 0 Å². The van der Waals surface area contributed by atoms with Crippen LogP contribution < -0.4 is 25.0 Å². The van der Waals surface area contributed by atoms with Crippen molar-refractivity contribution >= 4 is 57.3 Å². The quantitative estimate of drug-likeness (QED) is 0.171. The van der Waals surface area contributed by atoms with Crippen LogP contribution in [-0.4, -0.2) is 70.8 Å². The van der Waals surface area contributed by atoms with Crippen molar-refractivity contribution in [1.29, 1.82) is 0 Å². The third kappa shape index (κ3) is 6.05. The number of carbonyl (C=O) groups excluding carboxylic acids is 1. The maximum absolute atomic E-state index is 12.3. The molecule has 0 amide bonds. The van der Waals surface area contributed by atoms with Gasteiger partial charge in [0.15, 0.2) is 11.6 Å². The van der Waals surface area contributed by atoms with Crippen LogP contribution in [0.4, 0.5) is 17.5 Å². The van der Waals surface area contributed by atoms with Gasteiger partial charge in [-0.15, -0.1) is 0 Å². The average Bonchev–Trinajstić information content (AvgIpc) is 3.51. The first-order chi connectivity index (χ1) is 20.9. The number of allylic oxidation sites excluding steroid dienone is 1. The van der Waals surface area contributed by atoms with E-state index in [0.717, 1.165) is 17.6 Å². The van der Waals surface area contributed by atoms with E-state index in [4.69, 9.17) is 42.6 Å². The first kappa shape index (κ1) is 29.0. The predicted octanol–water partition coefficient (Wildman–Crippen LogP) is 5.62. The summed E-state index contributed by atoms with van der Waals surface area (Å²) in [5.41, 5.74) is 2.66. The van der Waals surface area contributed by atoms with Gasteiger partial charge in [-0.3, -0.25) is 9.89 Å². The number of benzene rings is 1. The number of hydrogen-bond donors (Lipinski definition) is 3. The lowest BCUT2D eigenvalue weighted by molar-refractivity contribution is -0.115. The second-order valence-corrected chi connectivity index (χ2v) is 11.6. The first-order valence-corrected chi connectivity index (χ1v) is 14.8. The summed E-state index contributed by atoms with van der Waals surface area (Å²) in [4.78, 5) is 29.0. The van der Waals surface area contributed by atoms with Crippen molar-refractivity contribution in [3.8, 4) is 22.8 Å². The molecule has 2 atom stereocenters. The Hall–Kier alpha value is -4.09. The van der Waals surface area contributed by atoms with Crippen LogP contribution in [0.1, 0.15) is 19.3 Å². The van der Waals surface area contributed by atoms with Gasteiger partial charge in [0, 0.05) is 61.4 Å². The lowest BCUT2D eigenvalue weighted by Crippen LogP contribution is -2.30. The fourth-order valence-electron chi connectivity index (χ4n) is 5.41. The highest BCUT2D eigenvalue weighted by Gasteiger charge is 2.35. The number of H-pyrrole nitrogens is 1. The van der Waals surface area contributed by atoms with Crippen molar-refractivity contribution in [3.05, 3.63) is 53.4 Å². The summed E-state index contributed by atoms with van der Waals surface area (Å²) in [6.45, 7) is 5.77. The number of nitrogens with one attached hydrogen (secondary N) is 3. The number of methoxy groups -OCH3 is 2. The van der Waals surface area contributed by atoms with Crippen LogP contribution in [0.3, 0.4) is 0 Å². The molecule has 43 heavy (non-hydrogen) atoms. The van der Waals surface area contributed by atoms with E-state index in [1.54, 1.807) is 18.5 Å². The number of ether oxygens (including phenoxy) is 2. The van der Waals surface area contributed by atoms with Crippen molar-refractivity contribution in [2.24, 2.45) is 11.8 Å². The van der Waals surface area contributed by atoms with Crippen molar-refractivity contribution in [2.45, 2.75) is 25.3 Å². The SMILES string of the molecule is C=CC(=O)C[C@H]1CN(c2cn[nH]c2)C[C@H]1Nc1ncc2cc(-c3c(Cl)c(OC)cc(OC)c3Cl)nc(NCC3CC3)c2n1. The lowest BCUT2D eigenvalue weighted by atomic mass is 9.97. The second kappa shape index (κ2) is 12.3. The highest BCUT2D eigenvalue weighted by molar-refractivity contribution is 6.41. The molecule has 1 aliphatic carbocycles. The zero-order chi connectivity index (χ0) is 30.1. The number of aromatic nitrogens is 5. The molecule has 224 valence electrons. The Kier molecular flexibility index (Phi) is 8.27. The topological polar surface area (TPSA) is 130 Å². The molecule has 2 fully saturated rings. The molecule has 0 unspecified atom stereocenters. The van der Waals surface area contributed by atoms with E-state index in [2.05, 4.69) is 37.3 Å². The van der Waals surface area contributed by atoms with Gasteiger partial charge in [0.05, 0.1) is 47.9 Å². The number of pyridine rings is 1. The molecule has 0 radical (unpaired) electrons. The summed E-state index contributed by atoms with van der Waals surface area (Å²) in [5.74, 6) is 2.52. The summed E-state index contributed by atoms with van der Waals surface area (Å²) in [6, 6.07) is 3.43. The predicted molar refractivity (Wildman–Crippen MR) is 169 cm³/mol. The monoisotopic (exact) mass is 622 g/mol. The number of fused-ring (bicyclic) bond motifs is 1. The molecule has 13 heteroatoms. The number of halogens is 2. The van der Waals surface area contributed by atoms with Gasteiger partial charge in [-0.2, -0.15) is 5.10 Å². The minimum atomic E-state index is -0.0757. The van der Waals surface area contributed by atoms with Crippen LogP contribution >= 0.6 is 23.2 Å². The molecule has 3 aromatic heterocycles. The van der Waals surface area contributed by atoms with Gasteiger partial charge in [-0.25, -0.2) is 15.0 Å². The highest BCUT2D eigenvalue weighted by Crippen LogP contribution is 2.46. The summed E-state index contributed by atoms with van der Waals surface area (Å²) >= 11 is 13.5. The minimum absolute atomic E-state index is 0.0000552. The molecular weight excluding hydrogens is 591 g/mol. The molecule has 2 aliphatic rings. The Morgan fingerprint density at radius 1 is 1.14 bits per heavy atom. The van der Waals surface area contributed by atoms with E-state index in [1.165, 1.54) is 33.1 Å². The molecule has 4 aromatic rings. The lowest BCUT2D eigenvalue weighted by Gasteiger charge is -2.19. The van der Waals surface area contributed by atoms with Gasteiger partial charge in [0.1, 0.15) is 17.0 Å². The molecule has 0 spiro atoms. The van der Waals surface area contributed by atoms with E-state index >= 15 is 0 Å². The largest absolute Gasteiger partial charge is 0.495 e. The Morgan fingerprint density at radius 3 is 2.56 bits per heavy atom. The van der Waals surface area contributed by atoms with Crippen LogP contribution in [0.5, 0.6) is 11.5 Å². The standard InChI is InChI=1S/C30H32Cl2N8O3/c1-4-20(41)7-18-14-40(19-12-35-36-13-19)15-22(18)38-30-34-11-17-8-21(37-29(28(17)39-30)33-10-16-5-6-16)25-26(31)23(42-2)9-24(43-3)27(25)32/h4,8-9,11-13,16,18,22H,1,5-7,10,14-15H2,2-3H3,(H,33,37)(H,35,36)(H,34,38,39)/t18-,22+/m0/s1. The highest BCUT2D eigenvalue weighted by atomic mass is 35.5. The Bertz CT molecular complexity index is 1630. The van der Waals surface area contributed by atoms with Gasteiger partial charge in [0.2, 0.25) is 5.95 Å². The van der Waals surface area contributed by atoms with Gasteiger partial charge in [-0.05, 0) is 30.9 Å². The molecule has 1 saturated heterocycles. The smallest absolute Gasteiger partial charge is 0.223 e. The summed E-state index contributed by atoms with van der Waals surface area (Å²) in [6.07, 6.45) is 9.48. The molecule has 0 bridgehead atoms. The maximum Gasteiger partial charge on any atom is 0.223 e. The van der Waals surface area contributed by atoms with Crippen LogP contribution in [0.25, 0.3) is 22.2 Å². The van der Waals surface area contributed by atoms with Gasteiger partial charge >= 0.3 is 0 Å². The number of anilines is 3. The fraction of sp³-hybridized carbons (Fsp3) is 0.367. The molecule has 1 aromatic carbocycles. The molecule has 4 heterocycles. The zero-order valence-corrected chi connectivity index (χ0v) is 25.4. The summed E-state index contributed by atoms with van der Waals surface area (Å²) < 4.78 is 11.0. The Balaban J connectivity index is 1.37. The Morgan fingerprint density at radius 2 is 1.91 bits per heavy atom. The molecule has 1 aliphatic heterocycles. The van der Waals surface area contributed by atoms with Gasteiger partial charge in [0.25, 0.3) is 0 Å². The van der Waals surface area contributed by atoms with Crippen LogP contribution in [0.15, 0.2) is 43.4 Å². The third-order valence-electron chi connectivity index (χ3n) is 7.95. The van der Waals surface area contributed by atoms with Crippen molar-refractivity contribution in [2.75, 3.05) is 49.4 Å². The maximum atomic E-state index is 12.3. The average molecular weight is 624 g/mol. The molecule has 1 saturated carbocycles. The number of carbonyl (C=O) groups is 1. The Labute approximate surface area is 259 Å². The van der Waals surface area contributed by atoms with E-state index in [0.29, 0.717) is 75.5 Å². The number of ketones is 1. The number of nitrogens with zero attached hydrogens (tertiary/aromatic N) is 5. The molecular formula is C30H32Cl2N8O3. The normalized spacial score (nSPS) is 18.1. The van der Waals surface area contributed by atoms with E-state index in [-0.39, 0.29) is 17.7 Å². The molecule has 3 N–H and O–H groups in total. The number of rotatable bonds is 12. The zero-order valence-electron chi connectivity index (χ0n) is 23.9. The van der Waals surface area contributed by atoms with Crippen molar-refractivity contribution < 1.29 is 14.3 Å². The van der Waals surface area contributed by atoms with Crippen LogP contribution in [-0.2, 0) is 4.79 Å². The number of hydrogen-bond acceptors (Lipinski definition) is 10. The van der Waals surface area contributed by atoms with Crippen molar-refractivity contribution in [3.63, 3.8) is 0 Å². The summed E-state index contributed by atoms with van der Waals surface area (Å²) in [5, 5.41) is 15.3. The first-order valence-electron chi connectivity index (χ1n) is 14.1. The van der Waals surface area contributed by atoms with E-state index in [1.807, 2.05) is 12.3 Å². The van der Waals surface area contributed by atoms with Gasteiger partial charge in [-0.1, -0.05) is 29.8 Å². The summed E-state index contributed by atoms with van der Waals surface area (Å²) in [7, 11) is 3.07. The minimum Gasteiger partial charge on any atom is -0.495 e. The van der Waals surface area contributed by atoms with E-state index in [9.17, 15) is 4.79 Å². The van der Waals surface area contributed by atoms with Crippen LogP contribution in [0.2, 0.25) is 10.0 Å². The fourth-order valence-corrected chi connectivity index (χ4v) is 6.11. The molecule has 11 nitrogen and oxygen atoms in total. The van der Waals surface area contributed by atoms with Gasteiger partial charge < -0.3 is 25.0 Å². The van der Waals surface area contributed by atoms with Crippen molar-refractivity contribution in [1.82, 2.24) is 25.1 Å². The second-order valence-electron chi connectivity index (χ2n) is 10.8.